The fraction of sp³-hybridized carbons (Fsp3) is 0.250. The molecule has 2 heterocycles. The second-order valence-corrected chi connectivity index (χ2v) is 6.88. The van der Waals surface area contributed by atoms with Crippen molar-refractivity contribution in [3.05, 3.63) is 56.9 Å². The summed E-state index contributed by atoms with van der Waals surface area (Å²) in [6.07, 6.45) is 6.00. The second-order valence-electron chi connectivity index (χ2n) is 5.21. The molecule has 0 radical (unpaired) electrons. The maximum absolute atomic E-state index is 6.17. The molecule has 0 aliphatic carbocycles. The maximum atomic E-state index is 6.17. The molecule has 0 aliphatic rings. The Kier molecular flexibility index (Phi) is 5.61. The van der Waals surface area contributed by atoms with Gasteiger partial charge in [-0.3, -0.25) is 0 Å². The molecule has 0 amide bonds. The minimum Gasteiger partial charge on any atom is -0.385 e. The first kappa shape index (κ1) is 17.5. The fourth-order valence-corrected chi connectivity index (χ4v) is 3.23. The Morgan fingerprint density at radius 1 is 1.33 bits per heavy atom. The molecule has 1 unspecified atom stereocenters. The maximum Gasteiger partial charge on any atom is 0.153 e. The zero-order valence-corrected chi connectivity index (χ0v) is 15.9. The molecule has 1 atom stereocenters. The SMILES string of the molecule is COCCC(Nc1nccn2ncc(Br)c12)c1ccc(Cl)c(Cl)c1. The van der Waals surface area contributed by atoms with Gasteiger partial charge >= 0.3 is 0 Å². The van der Waals surface area contributed by atoms with Gasteiger partial charge < -0.3 is 10.1 Å². The van der Waals surface area contributed by atoms with Gasteiger partial charge in [0.1, 0.15) is 5.52 Å². The van der Waals surface area contributed by atoms with Gasteiger partial charge in [-0.15, -0.1) is 0 Å². The molecule has 0 fully saturated rings. The van der Waals surface area contributed by atoms with E-state index >= 15 is 0 Å². The molecule has 0 saturated carbocycles. The van der Waals surface area contributed by atoms with Gasteiger partial charge in [-0.2, -0.15) is 5.10 Å². The van der Waals surface area contributed by atoms with Crippen molar-refractivity contribution in [1.82, 2.24) is 14.6 Å². The lowest BCUT2D eigenvalue weighted by atomic mass is 10.0. The first-order valence-corrected chi connectivity index (χ1v) is 8.83. The zero-order chi connectivity index (χ0) is 17.1. The molecule has 0 bridgehead atoms. The molecule has 0 aliphatic heterocycles. The van der Waals surface area contributed by atoms with Gasteiger partial charge in [0, 0.05) is 26.1 Å². The monoisotopic (exact) mass is 428 g/mol. The molecule has 126 valence electrons. The van der Waals surface area contributed by atoms with Crippen molar-refractivity contribution in [2.75, 3.05) is 19.0 Å². The van der Waals surface area contributed by atoms with E-state index in [2.05, 4.69) is 31.3 Å². The number of fused-ring (bicyclic) bond motifs is 1. The third-order valence-corrected chi connectivity index (χ3v) is 4.97. The molecule has 5 nitrogen and oxygen atoms in total. The summed E-state index contributed by atoms with van der Waals surface area (Å²) in [5, 5.41) is 8.79. The van der Waals surface area contributed by atoms with Crippen LogP contribution in [-0.2, 0) is 4.74 Å². The normalized spacial score (nSPS) is 12.5. The summed E-state index contributed by atoms with van der Waals surface area (Å²) < 4.78 is 7.87. The third-order valence-electron chi connectivity index (χ3n) is 3.65. The molecule has 2 aromatic heterocycles. The summed E-state index contributed by atoms with van der Waals surface area (Å²) >= 11 is 15.7. The van der Waals surface area contributed by atoms with Crippen molar-refractivity contribution in [2.45, 2.75) is 12.5 Å². The number of methoxy groups -OCH3 is 1. The van der Waals surface area contributed by atoms with Crippen molar-refractivity contribution in [3.63, 3.8) is 0 Å². The van der Waals surface area contributed by atoms with E-state index in [9.17, 15) is 0 Å². The van der Waals surface area contributed by atoms with Crippen molar-refractivity contribution < 1.29 is 4.74 Å². The fourth-order valence-electron chi connectivity index (χ4n) is 2.47. The van der Waals surface area contributed by atoms with Gasteiger partial charge in [-0.25, -0.2) is 9.50 Å². The van der Waals surface area contributed by atoms with Gasteiger partial charge in [-0.05, 0) is 40.0 Å². The predicted molar refractivity (Wildman–Crippen MR) is 100 cm³/mol. The molecule has 1 aromatic carbocycles. The minimum absolute atomic E-state index is 0.0276. The Hall–Kier alpha value is -1.34. The zero-order valence-electron chi connectivity index (χ0n) is 12.8. The summed E-state index contributed by atoms with van der Waals surface area (Å²) in [6.45, 7) is 0.599. The molecule has 3 aromatic rings. The van der Waals surface area contributed by atoms with Crippen LogP contribution in [0.15, 0.2) is 41.3 Å². The lowest BCUT2D eigenvalue weighted by Crippen LogP contribution is -2.15. The highest BCUT2D eigenvalue weighted by Gasteiger charge is 2.16. The van der Waals surface area contributed by atoms with Crippen molar-refractivity contribution in [1.29, 1.82) is 0 Å². The summed E-state index contributed by atoms with van der Waals surface area (Å²) in [4.78, 5) is 4.45. The summed E-state index contributed by atoms with van der Waals surface area (Å²) in [5.74, 6) is 0.731. The number of aromatic nitrogens is 3. The average molecular weight is 430 g/mol. The largest absolute Gasteiger partial charge is 0.385 e. The smallest absolute Gasteiger partial charge is 0.153 e. The topological polar surface area (TPSA) is 51.5 Å². The van der Waals surface area contributed by atoms with E-state index in [1.165, 1.54) is 0 Å². The van der Waals surface area contributed by atoms with E-state index in [4.69, 9.17) is 27.9 Å². The number of nitrogens with zero attached hydrogens (tertiary/aromatic N) is 3. The highest BCUT2D eigenvalue weighted by atomic mass is 79.9. The molecule has 3 rings (SSSR count). The van der Waals surface area contributed by atoms with Crippen LogP contribution in [0.1, 0.15) is 18.0 Å². The predicted octanol–water partition coefficient (Wildman–Crippen LogP) is 4.99. The first-order valence-electron chi connectivity index (χ1n) is 7.28. The van der Waals surface area contributed by atoms with Crippen molar-refractivity contribution in [2.24, 2.45) is 0 Å². The van der Waals surface area contributed by atoms with Crippen LogP contribution in [0.2, 0.25) is 10.0 Å². The van der Waals surface area contributed by atoms with Gasteiger partial charge in [0.15, 0.2) is 5.82 Å². The number of hydrogen-bond donors (Lipinski definition) is 1. The molecule has 24 heavy (non-hydrogen) atoms. The summed E-state index contributed by atoms with van der Waals surface area (Å²) in [5.41, 5.74) is 1.89. The van der Waals surface area contributed by atoms with Crippen molar-refractivity contribution in [3.8, 4) is 0 Å². The van der Waals surface area contributed by atoms with E-state index in [1.54, 1.807) is 36.3 Å². The molecular formula is C16H15BrCl2N4O. The number of rotatable bonds is 6. The Labute approximate surface area is 158 Å². The van der Waals surface area contributed by atoms with Gasteiger partial charge in [0.05, 0.1) is 26.8 Å². The number of anilines is 1. The van der Waals surface area contributed by atoms with Crippen LogP contribution in [0, 0.1) is 0 Å². The molecule has 0 saturated heterocycles. The van der Waals surface area contributed by atoms with Crippen LogP contribution in [-0.4, -0.2) is 28.3 Å². The van der Waals surface area contributed by atoms with Crippen LogP contribution in [0.25, 0.3) is 5.52 Å². The Morgan fingerprint density at radius 3 is 2.92 bits per heavy atom. The highest BCUT2D eigenvalue weighted by molar-refractivity contribution is 9.10. The van der Waals surface area contributed by atoms with Crippen LogP contribution < -0.4 is 5.32 Å². The van der Waals surface area contributed by atoms with E-state index < -0.39 is 0 Å². The Balaban J connectivity index is 1.96. The first-order chi connectivity index (χ1) is 11.6. The average Bonchev–Trinajstić information content (AvgIpc) is 2.96. The number of nitrogens with one attached hydrogen (secondary N) is 1. The number of halogens is 3. The number of ether oxygens (including phenoxy) is 1. The summed E-state index contributed by atoms with van der Waals surface area (Å²) in [7, 11) is 1.68. The van der Waals surface area contributed by atoms with E-state index in [-0.39, 0.29) is 6.04 Å². The number of hydrogen-bond acceptors (Lipinski definition) is 4. The van der Waals surface area contributed by atoms with Gasteiger partial charge in [0.25, 0.3) is 0 Å². The van der Waals surface area contributed by atoms with Crippen molar-refractivity contribution >= 4 is 50.5 Å². The van der Waals surface area contributed by atoms with Gasteiger partial charge in [-0.1, -0.05) is 29.3 Å². The quantitative estimate of drug-likeness (QED) is 0.599. The standard InChI is InChI=1S/C16H15BrCl2N4O/c1-24-7-4-14(10-2-3-12(18)13(19)8-10)22-16-15-11(17)9-21-23(15)6-5-20-16/h2-3,5-6,8-9,14H,4,7H2,1H3,(H,20,22). The Morgan fingerprint density at radius 2 is 2.17 bits per heavy atom. The summed E-state index contributed by atoms with van der Waals surface area (Å²) in [6, 6.07) is 5.58. The third kappa shape index (κ3) is 3.67. The number of benzene rings is 1. The van der Waals surface area contributed by atoms with E-state index in [0.29, 0.717) is 16.7 Å². The van der Waals surface area contributed by atoms with E-state index in [0.717, 1.165) is 27.8 Å². The highest BCUT2D eigenvalue weighted by Crippen LogP contribution is 2.31. The lowest BCUT2D eigenvalue weighted by Gasteiger charge is -2.20. The van der Waals surface area contributed by atoms with Crippen LogP contribution in [0.5, 0.6) is 0 Å². The van der Waals surface area contributed by atoms with E-state index in [1.807, 2.05) is 12.1 Å². The molecule has 0 spiro atoms. The minimum atomic E-state index is -0.0276. The lowest BCUT2D eigenvalue weighted by molar-refractivity contribution is 0.190. The molecule has 1 N–H and O–H groups in total. The Bertz CT molecular complexity index is 855. The van der Waals surface area contributed by atoms with Crippen LogP contribution in [0.3, 0.4) is 0 Å². The second kappa shape index (κ2) is 7.70. The molecule has 8 heteroatoms. The molecular weight excluding hydrogens is 415 g/mol. The van der Waals surface area contributed by atoms with Gasteiger partial charge in [0.2, 0.25) is 0 Å². The van der Waals surface area contributed by atoms with Crippen LogP contribution in [0.4, 0.5) is 5.82 Å². The van der Waals surface area contributed by atoms with Crippen LogP contribution >= 0.6 is 39.1 Å².